The van der Waals surface area contributed by atoms with Crippen molar-refractivity contribution in [3.8, 4) is 0 Å². The van der Waals surface area contributed by atoms with Gasteiger partial charge in [-0.05, 0) is 18.9 Å². The van der Waals surface area contributed by atoms with Crippen LogP contribution in [0.4, 0.5) is 13.2 Å². The molecular weight excluding hydrogens is 287 g/mol. The summed E-state index contributed by atoms with van der Waals surface area (Å²) in [4.78, 5) is 12.7. The van der Waals surface area contributed by atoms with Gasteiger partial charge in [-0.25, -0.2) is 8.42 Å². The predicted molar refractivity (Wildman–Crippen MR) is 57.7 cm³/mol. The molecule has 1 saturated carbocycles. The van der Waals surface area contributed by atoms with Crippen LogP contribution in [0.25, 0.3) is 0 Å². The molecule has 106 valence electrons. The number of halogens is 3. The minimum absolute atomic E-state index is 0.327. The third kappa shape index (κ3) is 2.32. The number of alkyl halides is 3. The van der Waals surface area contributed by atoms with E-state index in [1.165, 1.54) is 0 Å². The summed E-state index contributed by atoms with van der Waals surface area (Å²) in [5.41, 5.74) is 2.05. The lowest BCUT2D eigenvalue weighted by Gasteiger charge is -2.20. The number of aromatic nitrogens is 1. The molecule has 19 heavy (non-hydrogen) atoms. The fourth-order valence-corrected chi connectivity index (χ4v) is 3.27. The minimum atomic E-state index is -4.68. The van der Waals surface area contributed by atoms with Crippen LogP contribution in [0, 0.1) is 0 Å². The van der Waals surface area contributed by atoms with Gasteiger partial charge in [0.05, 0.1) is 0 Å². The first kappa shape index (κ1) is 13.9. The lowest BCUT2D eigenvalue weighted by molar-refractivity contribution is -0.160. The Bertz CT molecular complexity index is 616. The second kappa shape index (κ2) is 3.97. The zero-order valence-corrected chi connectivity index (χ0v) is 10.2. The van der Waals surface area contributed by atoms with E-state index in [9.17, 15) is 26.4 Å². The molecule has 4 N–H and O–H groups in total. The molecule has 0 unspecified atom stereocenters. The molecule has 1 aliphatic carbocycles. The number of H-pyrrole nitrogens is 1. The largest absolute Gasteiger partial charge is 0.407 e. The van der Waals surface area contributed by atoms with E-state index < -0.39 is 38.2 Å². The summed E-state index contributed by atoms with van der Waals surface area (Å²) < 4.78 is 63.5. The van der Waals surface area contributed by atoms with Crippen LogP contribution in [0.15, 0.2) is 17.2 Å². The Labute approximate surface area is 106 Å². The number of rotatable bonds is 4. The molecular formula is C9H10F3N3O3S. The Morgan fingerprint density at radius 1 is 1.42 bits per heavy atom. The Morgan fingerprint density at radius 2 is 2.00 bits per heavy atom. The number of nitrogens with one attached hydrogen (secondary N) is 2. The summed E-state index contributed by atoms with van der Waals surface area (Å²) in [5.74, 6) is -1.07. The van der Waals surface area contributed by atoms with Crippen molar-refractivity contribution in [2.75, 3.05) is 0 Å². The molecule has 0 spiro atoms. The van der Waals surface area contributed by atoms with Crippen molar-refractivity contribution < 1.29 is 26.4 Å². The predicted octanol–water partition coefficient (Wildman–Crippen LogP) is 0.487. The molecule has 0 saturated heterocycles. The molecule has 1 aliphatic rings. The topological polar surface area (TPSA) is 105 Å². The third-order valence-electron chi connectivity index (χ3n) is 2.87. The molecule has 1 aromatic rings. The number of aromatic amines is 1. The Hall–Kier alpha value is -1.55. The third-order valence-corrected chi connectivity index (χ3v) is 4.45. The number of hydrogen-bond acceptors (Lipinski definition) is 3. The van der Waals surface area contributed by atoms with Crippen molar-refractivity contribution in [3.05, 3.63) is 18.0 Å². The van der Waals surface area contributed by atoms with E-state index in [1.807, 2.05) is 0 Å². The van der Waals surface area contributed by atoms with E-state index in [4.69, 9.17) is 5.73 Å². The average molecular weight is 297 g/mol. The number of hydrogen-bond donors (Lipinski definition) is 3. The quantitative estimate of drug-likeness (QED) is 0.753. The van der Waals surface area contributed by atoms with Gasteiger partial charge in [0.2, 0.25) is 10.0 Å². The summed E-state index contributed by atoms with van der Waals surface area (Å²) in [6, 6.07) is 0.981. The van der Waals surface area contributed by atoms with Crippen molar-refractivity contribution in [1.29, 1.82) is 0 Å². The minimum Gasteiger partial charge on any atom is -0.364 e. The average Bonchev–Trinajstić information content (AvgIpc) is 2.85. The van der Waals surface area contributed by atoms with Crippen LogP contribution in [0.5, 0.6) is 0 Å². The van der Waals surface area contributed by atoms with Gasteiger partial charge in [-0.1, -0.05) is 0 Å². The standard InChI is InChI=1S/C9H10F3N3O3S/c10-9(11,12)8(2-3-8)15-19(17,18)5-1-4-14-6(5)7(13)16/h1,4,14-15H,2-3H2,(H2,13,16). The first-order valence-electron chi connectivity index (χ1n) is 5.17. The van der Waals surface area contributed by atoms with Crippen molar-refractivity contribution in [3.63, 3.8) is 0 Å². The highest BCUT2D eigenvalue weighted by Gasteiger charge is 2.65. The zero-order valence-electron chi connectivity index (χ0n) is 9.41. The van der Waals surface area contributed by atoms with E-state index in [0.717, 1.165) is 12.3 Å². The van der Waals surface area contributed by atoms with Gasteiger partial charge in [-0.15, -0.1) is 0 Å². The summed E-state index contributed by atoms with van der Waals surface area (Å²) in [5, 5.41) is 0. The van der Waals surface area contributed by atoms with Crippen LogP contribution in [-0.4, -0.2) is 31.0 Å². The number of primary amides is 1. The summed E-state index contributed by atoms with van der Waals surface area (Å²) in [6.45, 7) is 0. The van der Waals surface area contributed by atoms with E-state index in [0.29, 0.717) is 0 Å². The maximum absolute atomic E-state index is 12.7. The number of nitrogens with two attached hydrogens (primary N) is 1. The maximum Gasteiger partial charge on any atom is 0.407 e. The number of amides is 1. The van der Waals surface area contributed by atoms with Gasteiger partial charge in [0.25, 0.3) is 5.91 Å². The normalized spacial score (nSPS) is 18.3. The number of carbonyl (C=O) groups excluding carboxylic acids is 1. The van der Waals surface area contributed by atoms with E-state index in [-0.39, 0.29) is 12.8 Å². The van der Waals surface area contributed by atoms with Crippen molar-refractivity contribution in [2.24, 2.45) is 5.73 Å². The van der Waals surface area contributed by atoms with E-state index in [1.54, 1.807) is 4.72 Å². The maximum atomic E-state index is 12.7. The Kier molecular flexibility index (Phi) is 2.90. The second-order valence-corrected chi connectivity index (χ2v) is 5.92. The monoisotopic (exact) mass is 297 g/mol. The van der Waals surface area contributed by atoms with Crippen molar-refractivity contribution in [1.82, 2.24) is 9.71 Å². The van der Waals surface area contributed by atoms with Gasteiger partial charge in [-0.3, -0.25) is 4.79 Å². The highest BCUT2D eigenvalue weighted by Crippen LogP contribution is 2.49. The van der Waals surface area contributed by atoms with Gasteiger partial charge in [0.1, 0.15) is 16.1 Å². The van der Waals surface area contributed by atoms with E-state index in [2.05, 4.69) is 4.98 Å². The van der Waals surface area contributed by atoms with Crippen LogP contribution < -0.4 is 10.5 Å². The Morgan fingerprint density at radius 3 is 2.42 bits per heavy atom. The lowest BCUT2D eigenvalue weighted by Crippen LogP contribution is -2.47. The van der Waals surface area contributed by atoms with Gasteiger partial charge in [-0.2, -0.15) is 17.9 Å². The van der Waals surface area contributed by atoms with Crippen LogP contribution in [0.3, 0.4) is 0 Å². The molecule has 0 radical (unpaired) electrons. The van der Waals surface area contributed by atoms with Crippen molar-refractivity contribution >= 4 is 15.9 Å². The molecule has 6 nitrogen and oxygen atoms in total. The first-order chi connectivity index (χ1) is 8.59. The van der Waals surface area contributed by atoms with Crippen LogP contribution >= 0.6 is 0 Å². The molecule has 0 aromatic carbocycles. The van der Waals surface area contributed by atoms with Crippen molar-refractivity contribution in [2.45, 2.75) is 29.5 Å². The molecule has 1 heterocycles. The molecule has 10 heteroatoms. The summed E-state index contributed by atoms with van der Waals surface area (Å²) >= 11 is 0. The summed E-state index contributed by atoms with van der Waals surface area (Å²) in [7, 11) is -4.47. The van der Waals surface area contributed by atoms with E-state index >= 15 is 0 Å². The Balaban J connectivity index is 2.35. The fraction of sp³-hybridized carbons (Fsp3) is 0.444. The summed E-state index contributed by atoms with van der Waals surface area (Å²) in [6.07, 6.45) is -4.22. The fourth-order valence-electron chi connectivity index (χ4n) is 1.65. The van der Waals surface area contributed by atoms with Gasteiger partial charge < -0.3 is 10.7 Å². The van der Waals surface area contributed by atoms with Gasteiger partial charge >= 0.3 is 6.18 Å². The SMILES string of the molecule is NC(=O)c1[nH]ccc1S(=O)(=O)NC1(C(F)(F)F)CC1. The number of carbonyl (C=O) groups is 1. The van der Waals surface area contributed by atoms with Gasteiger partial charge in [0.15, 0.2) is 0 Å². The number of sulfonamides is 1. The molecule has 1 aromatic heterocycles. The second-order valence-electron chi connectivity index (χ2n) is 4.27. The zero-order chi connectivity index (χ0) is 14.5. The molecule has 0 aliphatic heterocycles. The molecule has 1 fully saturated rings. The van der Waals surface area contributed by atoms with Crippen LogP contribution in [0.2, 0.25) is 0 Å². The van der Waals surface area contributed by atoms with Crippen LogP contribution in [0.1, 0.15) is 23.3 Å². The first-order valence-corrected chi connectivity index (χ1v) is 6.65. The smallest absolute Gasteiger partial charge is 0.364 e. The van der Waals surface area contributed by atoms with Crippen LogP contribution in [-0.2, 0) is 10.0 Å². The van der Waals surface area contributed by atoms with Gasteiger partial charge in [0, 0.05) is 6.20 Å². The molecule has 0 bridgehead atoms. The lowest BCUT2D eigenvalue weighted by atomic mass is 10.3. The highest BCUT2D eigenvalue weighted by molar-refractivity contribution is 7.89. The molecule has 2 rings (SSSR count). The molecule has 0 atom stereocenters. The molecule has 1 amide bonds. The highest BCUT2D eigenvalue weighted by atomic mass is 32.2.